The van der Waals surface area contributed by atoms with E-state index in [0.717, 1.165) is 0 Å². The molecule has 2 aromatic carbocycles. The molecule has 1 aliphatic rings. The van der Waals surface area contributed by atoms with E-state index in [1.807, 2.05) is 0 Å². The minimum Gasteiger partial charge on any atom is -0.322 e. The summed E-state index contributed by atoms with van der Waals surface area (Å²) in [6, 6.07) is 13.0. The van der Waals surface area contributed by atoms with E-state index < -0.39 is 10.0 Å². The van der Waals surface area contributed by atoms with Crippen LogP contribution in [0.3, 0.4) is 0 Å². The summed E-state index contributed by atoms with van der Waals surface area (Å²) < 4.78 is 25.6. The van der Waals surface area contributed by atoms with Gasteiger partial charge in [-0.3, -0.25) is 19.2 Å². The number of aromatic nitrogens is 1. The number of hydrogen-bond donors (Lipinski definition) is 2. The number of thiazole rings is 1. The van der Waals surface area contributed by atoms with Crippen LogP contribution in [0.15, 0.2) is 60.1 Å². The van der Waals surface area contributed by atoms with Crippen LogP contribution in [0.5, 0.6) is 0 Å². The second kappa shape index (κ2) is 8.25. The fourth-order valence-corrected chi connectivity index (χ4v) is 5.17. The fourth-order valence-electron chi connectivity index (χ4n) is 3.09. The molecule has 8 nitrogen and oxygen atoms in total. The second-order valence-corrected chi connectivity index (χ2v) is 9.52. The van der Waals surface area contributed by atoms with Crippen molar-refractivity contribution in [2.45, 2.75) is 6.42 Å². The van der Waals surface area contributed by atoms with Crippen LogP contribution < -0.4 is 14.9 Å². The molecule has 0 spiro atoms. The maximum atomic E-state index is 12.6. The first kappa shape index (κ1) is 20.0. The third kappa shape index (κ3) is 4.34. The molecular weight excluding hydrogens is 424 g/mol. The lowest BCUT2D eigenvalue weighted by Gasteiger charge is -2.17. The second-order valence-electron chi connectivity index (χ2n) is 6.61. The van der Waals surface area contributed by atoms with Gasteiger partial charge in [0.1, 0.15) is 0 Å². The van der Waals surface area contributed by atoms with E-state index in [9.17, 15) is 18.0 Å². The van der Waals surface area contributed by atoms with Gasteiger partial charge in [-0.1, -0.05) is 6.07 Å². The minimum atomic E-state index is -3.31. The number of hydrogen-bond acceptors (Lipinski definition) is 6. The number of sulfonamides is 1. The predicted octanol–water partition coefficient (Wildman–Crippen LogP) is 3.19. The van der Waals surface area contributed by atoms with Crippen LogP contribution in [0.25, 0.3) is 0 Å². The molecule has 0 bridgehead atoms. The minimum absolute atomic E-state index is 0.117. The molecule has 0 saturated carbocycles. The molecule has 2 heterocycles. The number of nitrogens with zero attached hydrogens (tertiary/aromatic N) is 2. The van der Waals surface area contributed by atoms with E-state index in [2.05, 4.69) is 15.6 Å². The topological polar surface area (TPSA) is 108 Å². The first-order chi connectivity index (χ1) is 14.4. The van der Waals surface area contributed by atoms with Gasteiger partial charge in [0.25, 0.3) is 11.8 Å². The van der Waals surface area contributed by atoms with Gasteiger partial charge in [-0.2, -0.15) is 0 Å². The number of carbonyl (C=O) groups is 2. The lowest BCUT2D eigenvalue weighted by Crippen LogP contribution is -2.25. The van der Waals surface area contributed by atoms with Gasteiger partial charge in [-0.15, -0.1) is 11.3 Å². The zero-order chi connectivity index (χ0) is 21.1. The van der Waals surface area contributed by atoms with Crippen molar-refractivity contribution in [2.24, 2.45) is 0 Å². The highest BCUT2D eigenvalue weighted by Gasteiger charge is 2.28. The molecule has 1 fully saturated rings. The molecule has 10 heteroatoms. The van der Waals surface area contributed by atoms with Crippen LogP contribution in [0, 0.1) is 0 Å². The summed E-state index contributed by atoms with van der Waals surface area (Å²) in [7, 11) is -3.31. The SMILES string of the molecule is O=C(Nc1ccc(C(=O)Nc2nccs2)cc1)c1cccc(N2CCCS2(=O)=O)c1. The Bertz CT molecular complexity index is 1180. The van der Waals surface area contributed by atoms with Gasteiger partial charge in [-0.05, 0) is 48.9 Å². The zero-order valence-electron chi connectivity index (χ0n) is 15.7. The van der Waals surface area contributed by atoms with Crippen LogP contribution >= 0.6 is 11.3 Å². The molecule has 3 aromatic rings. The average Bonchev–Trinajstić information content (AvgIpc) is 3.37. The van der Waals surface area contributed by atoms with Gasteiger partial charge in [-0.25, -0.2) is 13.4 Å². The van der Waals surface area contributed by atoms with Crippen molar-refractivity contribution in [1.29, 1.82) is 0 Å². The van der Waals surface area contributed by atoms with Crippen molar-refractivity contribution in [3.8, 4) is 0 Å². The van der Waals surface area contributed by atoms with Gasteiger partial charge < -0.3 is 5.32 Å². The van der Waals surface area contributed by atoms with E-state index in [1.54, 1.807) is 60.1 Å². The standard InChI is InChI=1S/C20H18N4O4S2/c25-18(23-20-21-9-11-29-20)14-5-7-16(8-6-14)22-19(26)15-3-1-4-17(13-15)24-10-2-12-30(24,27)28/h1,3-9,11,13H,2,10,12H2,(H,22,26)(H,21,23,25). The van der Waals surface area contributed by atoms with Crippen LogP contribution in [0.1, 0.15) is 27.1 Å². The van der Waals surface area contributed by atoms with Crippen LogP contribution in [-0.4, -0.2) is 37.5 Å². The summed E-state index contributed by atoms with van der Waals surface area (Å²) in [6.45, 7) is 0.415. The van der Waals surface area contributed by atoms with E-state index in [1.165, 1.54) is 15.6 Å². The zero-order valence-corrected chi connectivity index (χ0v) is 17.4. The van der Waals surface area contributed by atoms with Gasteiger partial charge in [0, 0.05) is 34.9 Å². The molecule has 0 unspecified atom stereocenters. The summed E-state index contributed by atoms with van der Waals surface area (Å²) in [5.41, 5.74) is 1.78. The van der Waals surface area contributed by atoms with Gasteiger partial charge in [0.15, 0.2) is 5.13 Å². The molecule has 1 aromatic heterocycles. The molecule has 154 valence electrons. The average molecular weight is 443 g/mol. The summed E-state index contributed by atoms with van der Waals surface area (Å²) in [5, 5.41) is 7.73. The Morgan fingerprint density at radius 3 is 2.43 bits per heavy atom. The van der Waals surface area contributed by atoms with Crippen molar-refractivity contribution in [1.82, 2.24) is 4.98 Å². The van der Waals surface area contributed by atoms with E-state index in [-0.39, 0.29) is 17.6 Å². The van der Waals surface area contributed by atoms with Crippen molar-refractivity contribution in [2.75, 3.05) is 27.2 Å². The van der Waals surface area contributed by atoms with E-state index in [4.69, 9.17) is 0 Å². The normalized spacial score (nSPS) is 15.0. The van der Waals surface area contributed by atoms with Crippen molar-refractivity contribution in [3.05, 3.63) is 71.2 Å². The smallest absolute Gasteiger partial charge is 0.257 e. The van der Waals surface area contributed by atoms with Crippen molar-refractivity contribution in [3.63, 3.8) is 0 Å². The first-order valence-electron chi connectivity index (χ1n) is 9.15. The third-order valence-corrected chi connectivity index (χ3v) is 7.11. The number of amides is 2. The van der Waals surface area contributed by atoms with Crippen molar-refractivity contribution < 1.29 is 18.0 Å². The predicted molar refractivity (Wildman–Crippen MR) is 117 cm³/mol. The van der Waals surface area contributed by atoms with Gasteiger partial charge in [0.05, 0.1) is 11.4 Å². The molecule has 30 heavy (non-hydrogen) atoms. The fraction of sp³-hybridized carbons (Fsp3) is 0.150. The number of anilines is 3. The molecule has 0 aliphatic carbocycles. The molecule has 4 rings (SSSR count). The summed E-state index contributed by atoms with van der Waals surface area (Å²) in [4.78, 5) is 28.8. The number of rotatable bonds is 5. The summed E-state index contributed by atoms with van der Waals surface area (Å²) in [5.74, 6) is -0.540. The summed E-state index contributed by atoms with van der Waals surface area (Å²) >= 11 is 1.32. The number of carbonyl (C=O) groups excluding carboxylic acids is 2. The molecule has 1 saturated heterocycles. The molecule has 0 radical (unpaired) electrons. The molecule has 2 N–H and O–H groups in total. The Hall–Kier alpha value is -3.24. The third-order valence-electron chi connectivity index (χ3n) is 4.55. The van der Waals surface area contributed by atoms with Gasteiger partial charge >= 0.3 is 0 Å². The maximum Gasteiger partial charge on any atom is 0.257 e. The molecular formula is C20H18N4O4S2. The highest BCUT2D eigenvalue weighted by molar-refractivity contribution is 7.93. The number of benzene rings is 2. The Kier molecular flexibility index (Phi) is 5.51. The molecule has 2 amide bonds. The van der Waals surface area contributed by atoms with Crippen molar-refractivity contribution >= 4 is 49.7 Å². The largest absolute Gasteiger partial charge is 0.322 e. The monoisotopic (exact) mass is 442 g/mol. The lowest BCUT2D eigenvalue weighted by molar-refractivity contribution is 0.102. The maximum absolute atomic E-state index is 12.6. The van der Waals surface area contributed by atoms with Crippen LogP contribution in [0.2, 0.25) is 0 Å². The van der Waals surface area contributed by atoms with E-state index >= 15 is 0 Å². The molecule has 1 aliphatic heterocycles. The highest BCUT2D eigenvalue weighted by Crippen LogP contribution is 2.25. The van der Waals surface area contributed by atoms with Crippen LogP contribution in [-0.2, 0) is 10.0 Å². The van der Waals surface area contributed by atoms with E-state index in [0.29, 0.717) is 40.6 Å². The molecule has 0 atom stereocenters. The van der Waals surface area contributed by atoms with Crippen LogP contribution in [0.4, 0.5) is 16.5 Å². The Morgan fingerprint density at radius 1 is 1.00 bits per heavy atom. The Morgan fingerprint density at radius 2 is 1.77 bits per heavy atom. The highest BCUT2D eigenvalue weighted by atomic mass is 32.2. The Balaban J connectivity index is 1.44. The summed E-state index contributed by atoms with van der Waals surface area (Å²) in [6.07, 6.45) is 2.17. The Labute approximate surface area is 177 Å². The quantitative estimate of drug-likeness (QED) is 0.631. The number of nitrogens with one attached hydrogen (secondary N) is 2. The van der Waals surface area contributed by atoms with Gasteiger partial charge in [0.2, 0.25) is 10.0 Å². The lowest BCUT2D eigenvalue weighted by atomic mass is 10.1. The first-order valence-corrected chi connectivity index (χ1v) is 11.6.